The van der Waals surface area contributed by atoms with Crippen LogP contribution in [0.5, 0.6) is 0 Å². The lowest BCUT2D eigenvalue weighted by molar-refractivity contribution is -0.120. The Morgan fingerprint density at radius 3 is 2.77 bits per heavy atom. The molecule has 1 aromatic heterocycles. The molecule has 0 radical (unpaired) electrons. The summed E-state index contributed by atoms with van der Waals surface area (Å²) in [4.78, 5) is 21.2. The summed E-state index contributed by atoms with van der Waals surface area (Å²) in [5.41, 5.74) is 10.0. The maximum absolute atomic E-state index is 10.9. The summed E-state index contributed by atoms with van der Waals surface area (Å²) in [6.45, 7) is -0.0832. The molecule has 7 nitrogen and oxygen atoms in total. The molecule has 1 aromatic rings. The standard InChI is InChI=1S/C6H9N5O2/c7-4-1-2-11(10-4)3-5(12)9-6(8)13/h1-2H,3H2,(H2,7,10)(H3,8,9,12,13). The largest absolute Gasteiger partial charge is 0.382 e. The number of imide groups is 1. The van der Waals surface area contributed by atoms with E-state index < -0.39 is 11.9 Å². The van der Waals surface area contributed by atoms with Gasteiger partial charge in [0.1, 0.15) is 12.4 Å². The molecule has 0 aliphatic rings. The van der Waals surface area contributed by atoms with Gasteiger partial charge in [0.25, 0.3) is 0 Å². The van der Waals surface area contributed by atoms with Crippen LogP contribution in [0.4, 0.5) is 10.6 Å². The zero-order valence-corrected chi connectivity index (χ0v) is 6.73. The first-order chi connectivity index (χ1) is 6.08. The number of nitrogen functional groups attached to an aromatic ring is 1. The van der Waals surface area contributed by atoms with E-state index in [9.17, 15) is 9.59 Å². The first-order valence-corrected chi connectivity index (χ1v) is 3.46. The number of rotatable bonds is 2. The van der Waals surface area contributed by atoms with E-state index in [1.54, 1.807) is 0 Å². The molecule has 0 aliphatic carbocycles. The Balaban J connectivity index is 2.50. The third-order valence-corrected chi connectivity index (χ3v) is 1.23. The summed E-state index contributed by atoms with van der Waals surface area (Å²) in [6, 6.07) is 0.655. The highest BCUT2D eigenvalue weighted by Crippen LogP contribution is 1.94. The molecule has 5 N–H and O–H groups in total. The molecule has 0 saturated heterocycles. The summed E-state index contributed by atoms with van der Waals surface area (Å²) in [5.74, 6) is -0.220. The van der Waals surface area contributed by atoms with Crippen molar-refractivity contribution in [1.29, 1.82) is 0 Å². The number of amides is 3. The van der Waals surface area contributed by atoms with Crippen LogP contribution < -0.4 is 16.8 Å². The van der Waals surface area contributed by atoms with Gasteiger partial charge in [0.2, 0.25) is 5.91 Å². The summed E-state index contributed by atoms with van der Waals surface area (Å²) in [6.07, 6.45) is 1.52. The SMILES string of the molecule is NC(=O)NC(=O)Cn1ccc(N)n1. The molecule has 0 unspecified atom stereocenters. The molecule has 0 bridgehead atoms. The molecule has 1 heterocycles. The van der Waals surface area contributed by atoms with E-state index in [1.165, 1.54) is 16.9 Å². The number of hydrogen-bond donors (Lipinski definition) is 3. The Labute approximate surface area is 73.7 Å². The van der Waals surface area contributed by atoms with Crippen LogP contribution in [0, 0.1) is 0 Å². The van der Waals surface area contributed by atoms with Crippen LogP contribution in [0.25, 0.3) is 0 Å². The van der Waals surface area contributed by atoms with Crippen LogP contribution in [0.1, 0.15) is 0 Å². The van der Waals surface area contributed by atoms with E-state index in [-0.39, 0.29) is 6.54 Å². The van der Waals surface area contributed by atoms with E-state index in [4.69, 9.17) is 11.5 Å². The highest BCUT2D eigenvalue weighted by Gasteiger charge is 2.05. The molecule has 0 atom stereocenters. The number of aromatic nitrogens is 2. The van der Waals surface area contributed by atoms with Crippen LogP contribution in [0.3, 0.4) is 0 Å². The molecular formula is C6H9N5O2. The summed E-state index contributed by atoms with van der Waals surface area (Å²) >= 11 is 0. The van der Waals surface area contributed by atoms with Crippen molar-refractivity contribution >= 4 is 17.8 Å². The number of carbonyl (C=O) groups excluding carboxylic acids is 2. The molecule has 7 heteroatoms. The minimum Gasteiger partial charge on any atom is -0.382 e. The molecule has 3 amide bonds. The molecule has 0 aromatic carbocycles. The highest BCUT2D eigenvalue weighted by atomic mass is 16.2. The summed E-state index contributed by atoms with van der Waals surface area (Å²) < 4.78 is 1.30. The second-order valence-electron chi connectivity index (χ2n) is 2.35. The van der Waals surface area contributed by atoms with Crippen molar-refractivity contribution in [2.24, 2.45) is 5.73 Å². The van der Waals surface area contributed by atoms with Crippen LogP contribution in [-0.4, -0.2) is 21.7 Å². The van der Waals surface area contributed by atoms with E-state index >= 15 is 0 Å². The number of nitrogens with zero attached hydrogens (tertiary/aromatic N) is 2. The maximum atomic E-state index is 10.9. The Morgan fingerprint density at radius 1 is 1.62 bits per heavy atom. The Hall–Kier alpha value is -2.05. The number of urea groups is 1. The molecule has 1 rings (SSSR count). The maximum Gasteiger partial charge on any atom is 0.318 e. The van der Waals surface area contributed by atoms with E-state index in [0.29, 0.717) is 5.82 Å². The predicted octanol–water partition coefficient (Wildman–Crippen LogP) is -1.34. The van der Waals surface area contributed by atoms with Crippen molar-refractivity contribution < 1.29 is 9.59 Å². The smallest absolute Gasteiger partial charge is 0.318 e. The fourth-order valence-electron chi connectivity index (χ4n) is 0.790. The fraction of sp³-hybridized carbons (Fsp3) is 0.167. The highest BCUT2D eigenvalue weighted by molar-refractivity contribution is 5.93. The van der Waals surface area contributed by atoms with Crippen LogP contribution >= 0.6 is 0 Å². The number of anilines is 1. The van der Waals surface area contributed by atoms with Gasteiger partial charge in [-0.2, -0.15) is 5.10 Å². The molecule has 0 saturated carbocycles. The topological polar surface area (TPSA) is 116 Å². The Bertz CT molecular complexity index is 332. The Kier molecular flexibility index (Phi) is 2.48. The van der Waals surface area contributed by atoms with Crippen molar-refractivity contribution in [1.82, 2.24) is 15.1 Å². The molecular weight excluding hydrogens is 174 g/mol. The second kappa shape index (κ2) is 3.57. The number of carbonyl (C=O) groups is 2. The van der Waals surface area contributed by atoms with Gasteiger partial charge in [-0.25, -0.2) is 4.79 Å². The number of nitrogens with two attached hydrogens (primary N) is 2. The molecule has 70 valence electrons. The van der Waals surface area contributed by atoms with Gasteiger partial charge in [-0.1, -0.05) is 0 Å². The van der Waals surface area contributed by atoms with E-state index in [2.05, 4.69) is 5.10 Å². The fourth-order valence-corrected chi connectivity index (χ4v) is 0.790. The van der Waals surface area contributed by atoms with Crippen molar-refractivity contribution in [3.63, 3.8) is 0 Å². The lowest BCUT2D eigenvalue weighted by Gasteiger charge is -1.99. The average molecular weight is 183 g/mol. The van der Waals surface area contributed by atoms with Gasteiger partial charge >= 0.3 is 6.03 Å². The molecule has 13 heavy (non-hydrogen) atoms. The quantitative estimate of drug-likeness (QED) is 0.526. The van der Waals surface area contributed by atoms with Gasteiger partial charge in [-0.05, 0) is 6.07 Å². The van der Waals surface area contributed by atoms with E-state index in [1.807, 2.05) is 5.32 Å². The third-order valence-electron chi connectivity index (χ3n) is 1.23. The Morgan fingerprint density at radius 2 is 2.31 bits per heavy atom. The predicted molar refractivity (Wildman–Crippen MR) is 44.4 cm³/mol. The number of primary amides is 1. The van der Waals surface area contributed by atoms with Gasteiger partial charge in [-0.3, -0.25) is 14.8 Å². The van der Waals surface area contributed by atoms with Gasteiger partial charge in [-0.15, -0.1) is 0 Å². The lowest BCUT2D eigenvalue weighted by atomic mass is 10.6. The first kappa shape index (κ1) is 9.04. The zero-order chi connectivity index (χ0) is 9.84. The zero-order valence-electron chi connectivity index (χ0n) is 6.73. The van der Waals surface area contributed by atoms with E-state index in [0.717, 1.165) is 0 Å². The first-order valence-electron chi connectivity index (χ1n) is 3.46. The van der Waals surface area contributed by atoms with Crippen molar-refractivity contribution in [2.45, 2.75) is 6.54 Å². The summed E-state index contributed by atoms with van der Waals surface area (Å²) in [5, 5.41) is 5.64. The monoisotopic (exact) mass is 183 g/mol. The normalized spacial score (nSPS) is 9.54. The third kappa shape index (κ3) is 2.81. The van der Waals surface area contributed by atoms with Gasteiger partial charge < -0.3 is 11.5 Å². The summed E-state index contributed by atoms with van der Waals surface area (Å²) in [7, 11) is 0. The minimum absolute atomic E-state index is 0.0832. The van der Waals surface area contributed by atoms with Crippen LogP contribution in [-0.2, 0) is 11.3 Å². The van der Waals surface area contributed by atoms with Crippen molar-refractivity contribution in [3.8, 4) is 0 Å². The second-order valence-corrected chi connectivity index (χ2v) is 2.35. The molecule has 0 aliphatic heterocycles. The van der Waals surface area contributed by atoms with Crippen LogP contribution in [0.15, 0.2) is 12.3 Å². The van der Waals surface area contributed by atoms with Crippen molar-refractivity contribution in [2.75, 3.05) is 5.73 Å². The average Bonchev–Trinajstić information content (AvgIpc) is 2.33. The minimum atomic E-state index is -0.884. The van der Waals surface area contributed by atoms with Gasteiger partial charge in [0, 0.05) is 6.20 Å². The number of nitrogens with one attached hydrogen (secondary N) is 1. The van der Waals surface area contributed by atoms with Crippen molar-refractivity contribution in [3.05, 3.63) is 12.3 Å². The van der Waals surface area contributed by atoms with Gasteiger partial charge in [0.15, 0.2) is 0 Å². The molecule has 0 fully saturated rings. The van der Waals surface area contributed by atoms with Crippen LogP contribution in [0.2, 0.25) is 0 Å². The van der Waals surface area contributed by atoms with Gasteiger partial charge in [0.05, 0.1) is 0 Å². The lowest BCUT2D eigenvalue weighted by Crippen LogP contribution is -2.37. The molecule has 0 spiro atoms. The number of hydrogen-bond acceptors (Lipinski definition) is 4.